The molecule has 0 saturated heterocycles. The molecule has 0 fully saturated rings. The molecule has 1 aromatic carbocycles. The summed E-state index contributed by atoms with van der Waals surface area (Å²) >= 11 is 0. The van der Waals surface area contributed by atoms with Crippen LogP contribution in [0.2, 0.25) is 0 Å². The van der Waals surface area contributed by atoms with Gasteiger partial charge in [-0.15, -0.1) is 0 Å². The molecule has 0 aliphatic heterocycles. The highest BCUT2D eigenvalue weighted by Gasteiger charge is 2.05. The predicted molar refractivity (Wildman–Crippen MR) is 56.2 cm³/mol. The van der Waals surface area contributed by atoms with Crippen molar-refractivity contribution in [3.63, 3.8) is 0 Å². The Morgan fingerprint density at radius 3 is 3.06 bits per heavy atom. The van der Waals surface area contributed by atoms with Gasteiger partial charge in [0.25, 0.3) is 5.91 Å². The van der Waals surface area contributed by atoms with Gasteiger partial charge in [0.05, 0.1) is 6.20 Å². The fourth-order valence-electron chi connectivity index (χ4n) is 1.29. The average Bonchev–Trinajstić information content (AvgIpc) is 2.78. The fourth-order valence-corrected chi connectivity index (χ4v) is 1.29. The second kappa shape index (κ2) is 4.57. The van der Waals surface area contributed by atoms with Gasteiger partial charge < -0.3 is 5.32 Å². The molecule has 4 nitrogen and oxygen atoms in total. The number of aromatic nitrogens is 2. The number of benzene rings is 1. The summed E-state index contributed by atoms with van der Waals surface area (Å²) in [5.41, 5.74) is 1.17. The van der Waals surface area contributed by atoms with Crippen molar-refractivity contribution in [1.82, 2.24) is 15.5 Å². The molecule has 0 atom stereocenters. The fraction of sp³-hybridized carbons (Fsp3) is 0.0909. The molecular weight excluding hydrogens is 209 g/mol. The summed E-state index contributed by atoms with van der Waals surface area (Å²) in [7, 11) is 0. The molecular formula is C11H10FN3O. The number of amides is 1. The number of nitrogens with one attached hydrogen (secondary N) is 2. The topological polar surface area (TPSA) is 57.8 Å². The van der Waals surface area contributed by atoms with Gasteiger partial charge in [-0.05, 0) is 18.2 Å². The van der Waals surface area contributed by atoms with Gasteiger partial charge in [-0.25, -0.2) is 4.39 Å². The molecule has 0 unspecified atom stereocenters. The molecule has 0 aliphatic rings. The molecule has 5 heteroatoms. The monoisotopic (exact) mass is 219 g/mol. The van der Waals surface area contributed by atoms with Crippen molar-refractivity contribution in [2.75, 3.05) is 0 Å². The first-order valence-electron chi connectivity index (χ1n) is 4.77. The third-order valence-electron chi connectivity index (χ3n) is 2.09. The second-order valence-corrected chi connectivity index (χ2v) is 3.30. The van der Waals surface area contributed by atoms with E-state index >= 15 is 0 Å². The summed E-state index contributed by atoms with van der Waals surface area (Å²) in [5, 5.41) is 9.05. The highest BCUT2D eigenvalue weighted by Crippen LogP contribution is 2.03. The van der Waals surface area contributed by atoms with Crippen molar-refractivity contribution >= 4 is 5.91 Å². The highest BCUT2D eigenvalue weighted by atomic mass is 19.1. The van der Waals surface area contributed by atoms with E-state index in [-0.39, 0.29) is 5.91 Å². The summed E-state index contributed by atoms with van der Waals surface area (Å²) in [6.45, 7) is 0.367. The molecule has 1 aromatic heterocycles. The van der Waals surface area contributed by atoms with Crippen molar-refractivity contribution in [2.24, 2.45) is 0 Å². The Morgan fingerprint density at radius 2 is 2.38 bits per heavy atom. The van der Waals surface area contributed by atoms with Crippen LogP contribution in [0.5, 0.6) is 0 Å². The van der Waals surface area contributed by atoms with Crippen LogP contribution >= 0.6 is 0 Å². The van der Waals surface area contributed by atoms with Crippen molar-refractivity contribution in [3.05, 3.63) is 53.6 Å². The van der Waals surface area contributed by atoms with Crippen LogP contribution in [0.3, 0.4) is 0 Å². The zero-order chi connectivity index (χ0) is 11.4. The van der Waals surface area contributed by atoms with E-state index in [1.54, 1.807) is 18.5 Å². The molecule has 0 aliphatic carbocycles. The van der Waals surface area contributed by atoms with Crippen LogP contribution in [0.1, 0.15) is 15.9 Å². The van der Waals surface area contributed by atoms with Crippen molar-refractivity contribution < 1.29 is 9.18 Å². The first-order valence-corrected chi connectivity index (χ1v) is 4.77. The number of hydrogen-bond acceptors (Lipinski definition) is 2. The molecule has 1 heterocycles. The van der Waals surface area contributed by atoms with E-state index in [1.807, 2.05) is 0 Å². The third kappa shape index (κ3) is 2.44. The van der Waals surface area contributed by atoms with Crippen LogP contribution in [0.4, 0.5) is 4.39 Å². The summed E-state index contributed by atoms with van der Waals surface area (Å²) in [5.74, 6) is -0.725. The quantitative estimate of drug-likeness (QED) is 0.821. The number of H-pyrrole nitrogens is 1. The van der Waals surface area contributed by atoms with Crippen LogP contribution in [0.15, 0.2) is 36.7 Å². The lowest BCUT2D eigenvalue weighted by atomic mass is 10.2. The van der Waals surface area contributed by atoms with Gasteiger partial charge in [0.2, 0.25) is 0 Å². The van der Waals surface area contributed by atoms with E-state index < -0.39 is 5.82 Å². The van der Waals surface area contributed by atoms with Gasteiger partial charge in [-0.2, -0.15) is 5.10 Å². The zero-order valence-electron chi connectivity index (χ0n) is 8.40. The minimum absolute atomic E-state index is 0.305. The molecule has 0 bridgehead atoms. The number of carbonyl (C=O) groups excluding carboxylic acids is 1. The number of carbonyl (C=O) groups is 1. The Morgan fingerprint density at radius 1 is 1.50 bits per heavy atom. The Hall–Kier alpha value is -2.17. The molecule has 2 rings (SSSR count). The van der Waals surface area contributed by atoms with Gasteiger partial charge in [0, 0.05) is 23.9 Å². The predicted octanol–water partition coefficient (Wildman–Crippen LogP) is 1.48. The van der Waals surface area contributed by atoms with E-state index in [0.717, 1.165) is 5.56 Å². The van der Waals surface area contributed by atoms with E-state index in [4.69, 9.17) is 0 Å². The van der Waals surface area contributed by atoms with Crippen LogP contribution in [-0.4, -0.2) is 16.1 Å². The smallest absolute Gasteiger partial charge is 0.251 e. The minimum Gasteiger partial charge on any atom is -0.348 e. The van der Waals surface area contributed by atoms with Crippen LogP contribution in [-0.2, 0) is 6.54 Å². The van der Waals surface area contributed by atoms with Gasteiger partial charge in [0.15, 0.2) is 0 Å². The van der Waals surface area contributed by atoms with Crippen molar-refractivity contribution in [1.29, 1.82) is 0 Å². The van der Waals surface area contributed by atoms with E-state index in [9.17, 15) is 9.18 Å². The summed E-state index contributed by atoms with van der Waals surface area (Å²) in [6.07, 6.45) is 3.30. The van der Waals surface area contributed by atoms with Crippen molar-refractivity contribution in [2.45, 2.75) is 6.54 Å². The number of aromatic amines is 1. The molecule has 0 spiro atoms. The first kappa shape index (κ1) is 10.4. The molecule has 1 amide bonds. The lowest BCUT2D eigenvalue weighted by Crippen LogP contribution is -2.22. The lowest BCUT2D eigenvalue weighted by molar-refractivity contribution is 0.0950. The number of hydrogen-bond donors (Lipinski definition) is 2. The maximum Gasteiger partial charge on any atom is 0.251 e. The Bertz CT molecular complexity index is 482. The lowest BCUT2D eigenvalue weighted by Gasteiger charge is -2.03. The van der Waals surface area contributed by atoms with Crippen molar-refractivity contribution in [3.8, 4) is 0 Å². The maximum absolute atomic E-state index is 12.8. The Labute approximate surface area is 91.5 Å². The molecule has 0 saturated carbocycles. The summed E-state index contributed by atoms with van der Waals surface area (Å²) in [4.78, 5) is 11.6. The summed E-state index contributed by atoms with van der Waals surface area (Å²) < 4.78 is 12.8. The second-order valence-electron chi connectivity index (χ2n) is 3.30. The van der Waals surface area contributed by atoms with Gasteiger partial charge in [-0.3, -0.25) is 9.89 Å². The first-order chi connectivity index (χ1) is 7.75. The third-order valence-corrected chi connectivity index (χ3v) is 2.09. The average molecular weight is 219 g/mol. The van der Waals surface area contributed by atoms with E-state index in [1.165, 1.54) is 18.2 Å². The number of rotatable bonds is 3. The minimum atomic E-state index is -0.420. The standard InChI is InChI=1S/C11H10FN3O/c12-10-3-1-2-9(4-10)11(16)13-5-8-6-14-15-7-8/h1-4,6-7H,5H2,(H,13,16)(H,14,15). The van der Waals surface area contributed by atoms with Crippen LogP contribution in [0.25, 0.3) is 0 Å². The Kier molecular flexibility index (Phi) is 2.95. The Balaban J connectivity index is 1.98. The SMILES string of the molecule is O=C(NCc1cn[nH]c1)c1cccc(F)c1. The largest absolute Gasteiger partial charge is 0.348 e. The molecule has 16 heavy (non-hydrogen) atoms. The van der Waals surface area contributed by atoms with Gasteiger partial charge >= 0.3 is 0 Å². The highest BCUT2D eigenvalue weighted by molar-refractivity contribution is 5.94. The number of nitrogens with zero attached hydrogens (tertiary/aromatic N) is 1. The number of halogens is 1. The van der Waals surface area contributed by atoms with Crippen LogP contribution < -0.4 is 5.32 Å². The molecule has 0 radical (unpaired) electrons. The maximum atomic E-state index is 12.8. The van der Waals surface area contributed by atoms with Crippen LogP contribution in [0, 0.1) is 5.82 Å². The van der Waals surface area contributed by atoms with Gasteiger partial charge in [-0.1, -0.05) is 6.07 Å². The zero-order valence-corrected chi connectivity index (χ0v) is 8.40. The van der Waals surface area contributed by atoms with Gasteiger partial charge in [0.1, 0.15) is 5.82 Å². The van der Waals surface area contributed by atoms with E-state index in [2.05, 4.69) is 15.5 Å². The van der Waals surface area contributed by atoms with E-state index in [0.29, 0.717) is 12.1 Å². The molecule has 2 aromatic rings. The summed E-state index contributed by atoms with van der Waals surface area (Å²) in [6, 6.07) is 5.56. The molecule has 82 valence electrons. The molecule has 2 N–H and O–H groups in total. The normalized spacial score (nSPS) is 10.1.